The van der Waals surface area contributed by atoms with E-state index in [2.05, 4.69) is 4.98 Å². The van der Waals surface area contributed by atoms with E-state index in [9.17, 15) is 28.3 Å². The quantitative estimate of drug-likeness (QED) is 0.558. The van der Waals surface area contributed by atoms with Crippen molar-refractivity contribution in [1.29, 1.82) is 0 Å². The fraction of sp³-hybridized carbons (Fsp3) is 0.484. The molecular weight excluding hydrogens is 544 g/mol. The standard InChI is InChI=1S/C31H37F2N5O4/c1-18-12-36(29(40)20(18)3)14-24-15-37(30(41)42)19(2)13-35(24)16-27(39)38-17-31(4,5)28-26(38)9-21(11-34-28)8-22-6-7-23(32)10-25(22)33/h6-7,9-11,19,24H,8,12-17H2,1-5H3,(H,41,42)/t19-,24+/m1/s1. The monoisotopic (exact) mass is 581 g/mol. The van der Waals surface area contributed by atoms with Gasteiger partial charge < -0.3 is 19.8 Å². The lowest BCUT2D eigenvalue weighted by Crippen LogP contribution is -2.63. The van der Waals surface area contributed by atoms with Gasteiger partial charge in [0.05, 0.1) is 17.9 Å². The first-order chi connectivity index (χ1) is 19.7. The van der Waals surface area contributed by atoms with E-state index in [0.29, 0.717) is 48.6 Å². The van der Waals surface area contributed by atoms with Gasteiger partial charge in [-0.15, -0.1) is 0 Å². The lowest BCUT2D eigenvalue weighted by molar-refractivity contribution is -0.127. The molecule has 11 heteroatoms. The van der Waals surface area contributed by atoms with Crippen molar-refractivity contribution in [1.82, 2.24) is 19.7 Å². The van der Waals surface area contributed by atoms with Crippen molar-refractivity contribution >= 4 is 23.6 Å². The van der Waals surface area contributed by atoms with Crippen LogP contribution in [0.4, 0.5) is 19.3 Å². The Kier molecular flexibility index (Phi) is 7.82. The molecule has 3 aliphatic rings. The van der Waals surface area contributed by atoms with Crippen LogP contribution >= 0.6 is 0 Å². The number of carbonyl (C=O) groups is 3. The van der Waals surface area contributed by atoms with Crippen LogP contribution in [0, 0.1) is 11.6 Å². The van der Waals surface area contributed by atoms with Gasteiger partial charge in [0.15, 0.2) is 0 Å². The lowest BCUT2D eigenvalue weighted by atomic mass is 9.91. The number of hydrogen-bond acceptors (Lipinski definition) is 5. The SMILES string of the molecule is CC1=C(C)C(=O)N(C[C@H]2CN(C(=O)O)[C@H](C)CN2CC(=O)N2CC(C)(C)c3ncc(Cc4ccc(F)cc4F)cc32)C1. The summed E-state index contributed by atoms with van der Waals surface area (Å²) in [5.41, 5.74) is 3.73. The molecule has 1 fully saturated rings. The van der Waals surface area contributed by atoms with E-state index in [1.807, 2.05) is 38.7 Å². The number of benzene rings is 1. The minimum absolute atomic E-state index is 0.0439. The van der Waals surface area contributed by atoms with Gasteiger partial charge in [-0.05, 0) is 49.6 Å². The topological polar surface area (TPSA) is 97.3 Å². The highest BCUT2D eigenvalue weighted by molar-refractivity contribution is 5.98. The fourth-order valence-corrected chi connectivity index (χ4v) is 6.28. The molecule has 1 aromatic heterocycles. The molecule has 4 heterocycles. The summed E-state index contributed by atoms with van der Waals surface area (Å²) in [4.78, 5) is 50.1. The van der Waals surface area contributed by atoms with Gasteiger partial charge >= 0.3 is 6.09 Å². The number of aromatic nitrogens is 1. The second-order valence-electron chi connectivity index (χ2n) is 12.4. The summed E-state index contributed by atoms with van der Waals surface area (Å²) in [6, 6.07) is 4.64. The fourth-order valence-electron chi connectivity index (χ4n) is 6.28. The zero-order valence-corrected chi connectivity index (χ0v) is 24.7. The van der Waals surface area contributed by atoms with Gasteiger partial charge in [-0.3, -0.25) is 19.5 Å². The number of piperazine rings is 1. The smallest absolute Gasteiger partial charge is 0.407 e. The number of amides is 3. The minimum atomic E-state index is -1.02. The van der Waals surface area contributed by atoms with Gasteiger partial charge in [0.25, 0.3) is 0 Å². The maximum atomic E-state index is 14.4. The third-order valence-electron chi connectivity index (χ3n) is 8.77. The highest BCUT2D eigenvalue weighted by atomic mass is 19.1. The number of hydrogen-bond donors (Lipinski definition) is 1. The van der Waals surface area contributed by atoms with E-state index in [-0.39, 0.29) is 43.4 Å². The van der Waals surface area contributed by atoms with Crippen LogP contribution in [0.3, 0.4) is 0 Å². The molecule has 5 rings (SSSR count). The Morgan fingerprint density at radius 2 is 1.88 bits per heavy atom. The first-order valence-corrected chi connectivity index (χ1v) is 14.2. The van der Waals surface area contributed by atoms with Crippen LogP contribution < -0.4 is 4.90 Å². The molecule has 9 nitrogen and oxygen atoms in total. The normalized spacial score (nSPS) is 22.3. The number of fused-ring (bicyclic) bond motifs is 1. The van der Waals surface area contributed by atoms with Crippen LogP contribution in [0.5, 0.6) is 0 Å². The van der Waals surface area contributed by atoms with Gasteiger partial charge in [-0.2, -0.15) is 0 Å². The van der Waals surface area contributed by atoms with Crippen LogP contribution in [0.2, 0.25) is 0 Å². The molecular formula is C31H37F2N5O4. The average Bonchev–Trinajstić information content (AvgIpc) is 3.33. The van der Waals surface area contributed by atoms with Crippen LogP contribution in [-0.2, 0) is 21.4 Å². The van der Waals surface area contributed by atoms with Crippen molar-refractivity contribution in [3.05, 3.63) is 70.1 Å². The molecule has 3 aliphatic heterocycles. The van der Waals surface area contributed by atoms with E-state index in [0.717, 1.165) is 17.3 Å². The first kappa shape index (κ1) is 29.6. The maximum Gasteiger partial charge on any atom is 0.407 e. The molecule has 0 unspecified atom stereocenters. The Labute approximate surface area is 244 Å². The van der Waals surface area contributed by atoms with E-state index in [1.54, 1.807) is 22.9 Å². The molecule has 0 spiro atoms. The number of halogens is 2. The summed E-state index contributed by atoms with van der Waals surface area (Å²) in [6.45, 7) is 11.3. The van der Waals surface area contributed by atoms with Gasteiger partial charge in [-0.25, -0.2) is 13.6 Å². The molecule has 1 N–H and O–H groups in total. The van der Waals surface area contributed by atoms with Crippen LogP contribution in [0.15, 0.2) is 41.6 Å². The molecule has 2 aromatic rings. The molecule has 0 saturated carbocycles. The zero-order chi connectivity index (χ0) is 30.5. The summed E-state index contributed by atoms with van der Waals surface area (Å²) in [7, 11) is 0. The second kappa shape index (κ2) is 11.1. The Morgan fingerprint density at radius 1 is 1.14 bits per heavy atom. The Balaban J connectivity index is 1.38. The van der Waals surface area contributed by atoms with E-state index < -0.39 is 23.1 Å². The van der Waals surface area contributed by atoms with Crippen LogP contribution in [0.1, 0.15) is 51.4 Å². The molecule has 0 bridgehead atoms. The van der Waals surface area contributed by atoms with Crippen molar-refractivity contribution in [2.24, 2.45) is 0 Å². The first-order valence-electron chi connectivity index (χ1n) is 14.2. The number of rotatable bonds is 6. The number of carboxylic acid groups (broad SMARTS) is 1. The molecule has 0 aliphatic carbocycles. The molecule has 42 heavy (non-hydrogen) atoms. The number of anilines is 1. The molecule has 3 amide bonds. The number of pyridine rings is 1. The van der Waals surface area contributed by atoms with Crippen molar-refractivity contribution in [2.45, 2.75) is 58.5 Å². The summed E-state index contributed by atoms with van der Waals surface area (Å²) in [6.07, 6.45) is 0.844. The molecule has 0 radical (unpaired) electrons. The lowest BCUT2D eigenvalue weighted by Gasteiger charge is -2.45. The molecule has 1 aromatic carbocycles. The second-order valence-corrected chi connectivity index (χ2v) is 12.4. The summed E-state index contributed by atoms with van der Waals surface area (Å²) >= 11 is 0. The summed E-state index contributed by atoms with van der Waals surface area (Å²) in [5, 5.41) is 9.79. The number of nitrogens with zero attached hydrogens (tertiary/aromatic N) is 5. The third-order valence-corrected chi connectivity index (χ3v) is 8.77. The minimum Gasteiger partial charge on any atom is -0.465 e. The Bertz CT molecular complexity index is 1480. The van der Waals surface area contributed by atoms with Gasteiger partial charge in [-0.1, -0.05) is 19.9 Å². The summed E-state index contributed by atoms with van der Waals surface area (Å²) < 4.78 is 27.8. The highest BCUT2D eigenvalue weighted by Crippen LogP contribution is 2.40. The predicted molar refractivity (Wildman–Crippen MR) is 153 cm³/mol. The third kappa shape index (κ3) is 5.62. The van der Waals surface area contributed by atoms with Gasteiger partial charge in [0.1, 0.15) is 11.6 Å². The zero-order valence-electron chi connectivity index (χ0n) is 24.7. The largest absolute Gasteiger partial charge is 0.465 e. The van der Waals surface area contributed by atoms with E-state index >= 15 is 0 Å². The predicted octanol–water partition coefficient (Wildman–Crippen LogP) is 3.81. The van der Waals surface area contributed by atoms with Crippen molar-refractivity contribution in [3.63, 3.8) is 0 Å². The van der Waals surface area contributed by atoms with Crippen molar-refractivity contribution in [2.75, 3.05) is 44.2 Å². The summed E-state index contributed by atoms with van der Waals surface area (Å²) in [5.74, 6) is -1.51. The Morgan fingerprint density at radius 3 is 2.52 bits per heavy atom. The molecule has 2 atom stereocenters. The average molecular weight is 582 g/mol. The molecule has 1 saturated heterocycles. The maximum absolute atomic E-state index is 14.4. The van der Waals surface area contributed by atoms with Gasteiger partial charge in [0.2, 0.25) is 11.8 Å². The highest BCUT2D eigenvalue weighted by Gasteiger charge is 2.42. The van der Waals surface area contributed by atoms with Gasteiger partial charge in [0, 0.05) is 74.5 Å². The van der Waals surface area contributed by atoms with Crippen LogP contribution in [-0.4, -0.2) is 94.1 Å². The van der Waals surface area contributed by atoms with Crippen molar-refractivity contribution < 1.29 is 28.3 Å². The Hall–Kier alpha value is -3.86. The van der Waals surface area contributed by atoms with E-state index in [4.69, 9.17) is 0 Å². The van der Waals surface area contributed by atoms with Crippen LogP contribution in [0.25, 0.3) is 0 Å². The molecule has 224 valence electrons. The van der Waals surface area contributed by atoms with E-state index in [1.165, 1.54) is 17.0 Å². The van der Waals surface area contributed by atoms with Crippen molar-refractivity contribution in [3.8, 4) is 0 Å². The number of carbonyl (C=O) groups excluding carboxylic acids is 2.